The Balaban J connectivity index is 3.76. The Kier molecular flexibility index (Phi) is 6.45. The quantitative estimate of drug-likeness (QED) is 0.369. The van der Waals surface area contributed by atoms with Crippen LogP contribution in [0.15, 0.2) is 0 Å². The third-order valence-electron chi connectivity index (χ3n) is 1.80. The van der Waals surface area contributed by atoms with E-state index in [1.165, 1.54) is 7.11 Å². The van der Waals surface area contributed by atoms with Gasteiger partial charge in [0.25, 0.3) is 0 Å². The van der Waals surface area contributed by atoms with E-state index in [1.54, 1.807) is 0 Å². The van der Waals surface area contributed by atoms with Crippen molar-refractivity contribution in [2.45, 2.75) is 33.0 Å². The zero-order chi connectivity index (χ0) is 8.69. The number of hydrogen-bond donors (Lipinski definition) is 1. The van der Waals surface area contributed by atoms with Crippen molar-refractivity contribution in [1.82, 2.24) is 0 Å². The van der Waals surface area contributed by atoms with Gasteiger partial charge in [-0.2, -0.15) is 4.89 Å². The Morgan fingerprint density at radius 2 is 1.82 bits per heavy atom. The molecule has 0 bridgehead atoms. The largest absolute Gasteiger partial charge is 0.353 e. The lowest BCUT2D eigenvalue weighted by atomic mass is 10.0. The SMILES string of the molecule is CCC(CC)C(OC)OOO. The summed E-state index contributed by atoms with van der Waals surface area (Å²) < 4.78 is 4.93. The predicted molar refractivity (Wildman–Crippen MR) is 39.7 cm³/mol. The molecule has 0 aromatic rings. The highest BCUT2D eigenvalue weighted by Crippen LogP contribution is 2.16. The van der Waals surface area contributed by atoms with E-state index in [0.717, 1.165) is 12.8 Å². The highest BCUT2D eigenvalue weighted by atomic mass is 17.5. The van der Waals surface area contributed by atoms with Gasteiger partial charge in [-0.05, 0) is 12.8 Å². The fourth-order valence-electron chi connectivity index (χ4n) is 1.03. The topological polar surface area (TPSA) is 47.9 Å². The van der Waals surface area contributed by atoms with Gasteiger partial charge in [0.05, 0.1) is 0 Å². The summed E-state index contributed by atoms with van der Waals surface area (Å²) in [7, 11) is 1.52. The van der Waals surface area contributed by atoms with Crippen molar-refractivity contribution < 1.29 is 19.9 Å². The highest BCUT2D eigenvalue weighted by Gasteiger charge is 2.19. The summed E-state index contributed by atoms with van der Waals surface area (Å²) in [5, 5.41) is 11.6. The van der Waals surface area contributed by atoms with Gasteiger partial charge in [0.1, 0.15) is 0 Å². The Bertz CT molecular complexity index is 82.5. The molecule has 11 heavy (non-hydrogen) atoms. The molecule has 0 rings (SSSR count). The van der Waals surface area contributed by atoms with E-state index >= 15 is 0 Å². The summed E-state index contributed by atoms with van der Waals surface area (Å²) in [4.78, 5) is 4.47. The molecule has 0 heterocycles. The fraction of sp³-hybridized carbons (Fsp3) is 1.00. The van der Waals surface area contributed by atoms with Gasteiger partial charge in [-0.15, -0.1) is 0 Å². The van der Waals surface area contributed by atoms with Crippen LogP contribution in [0.25, 0.3) is 0 Å². The smallest absolute Gasteiger partial charge is 0.196 e. The molecule has 0 aliphatic carbocycles. The van der Waals surface area contributed by atoms with Crippen molar-refractivity contribution in [2.75, 3.05) is 7.11 Å². The van der Waals surface area contributed by atoms with Gasteiger partial charge in [-0.25, -0.2) is 5.26 Å². The molecular formula is C7H16O4. The van der Waals surface area contributed by atoms with Crippen molar-refractivity contribution in [3.63, 3.8) is 0 Å². The molecule has 0 saturated carbocycles. The van der Waals surface area contributed by atoms with Crippen molar-refractivity contribution in [3.05, 3.63) is 0 Å². The molecular weight excluding hydrogens is 148 g/mol. The summed E-state index contributed by atoms with van der Waals surface area (Å²) in [6.45, 7) is 4.06. The standard InChI is InChI=1S/C7H16O4/c1-4-6(5-2)7(9-3)10-11-8/h6-8H,4-5H2,1-3H3. The van der Waals surface area contributed by atoms with Gasteiger partial charge in [0.2, 0.25) is 0 Å². The summed E-state index contributed by atoms with van der Waals surface area (Å²) in [5.74, 6) is 0.257. The van der Waals surface area contributed by atoms with Gasteiger partial charge in [-0.1, -0.05) is 18.9 Å². The number of rotatable bonds is 6. The second kappa shape index (κ2) is 6.54. The lowest BCUT2D eigenvalue weighted by Crippen LogP contribution is -2.24. The van der Waals surface area contributed by atoms with E-state index in [1.807, 2.05) is 13.8 Å². The monoisotopic (exact) mass is 164 g/mol. The van der Waals surface area contributed by atoms with E-state index in [2.05, 4.69) is 9.93 Å². The van der Waals surface area contributed by atoms with Crippen molar-refractivity contribution in [3.8, 4) is 0 Å². The van der Waals surface area contributed by atoms with E-state index < -0.39 is 6.29 Å². The molecule has 0 aromatic heterocycles. The van der Waals surface area contributed by atoms with Gasteiger partial charge in [0.15, 0.2) is 6.29 Å². The van der Waals surface area contributed by atoms with E-state index in [-0.39, 0.29) is 5.92 Å². The molecule has 0 aliphatic rings. The van der Waals surface area contributed by atoms with Crippen molar-refractivity contribution in [2.24, 2.45) is 5.92 Å². The van der Waals surface area contributed by atoms with Crippen LogP contribution in [0.2, 0.25) is 0 Å². The van der Waals surface area contributed by atoms with Crippen molar-refractivity contribution in [1.29, 1.82) is 0 Å². The summed E-state index contributed by atoms with van der Waals surface area (Å²) in [6.07, 6.45) is 1.38. The Morgan fingerprint density at radius 3 is 2.09 bits per heavy atom. The van der Waals surface area contributed by atoms with E-state index in [4.69, 9.17) is 9.99 Å². The zero-order valence-electron chi connectivity index (χ0n) is 7.24. The maximum atomic E-state index is 8.01. The van der Waals surface area contributed by atoms with Crippen molar-refractivity contribution >= 4 is 0 Å². The van der Waals surface area contributed by atoms with Crippen LogP contribution < -0.4 is 0 Å². The summed E-state index contributed by atoms with van der Waals surface area (Å²) in [5.41, 5.74) is 0. The van der Waals surface area contributed by atoms with Crippen LogP contribution in [-0.2, 0) is 14.7 Å². The van der Waals surface area contributed by atoms with Gasteiger partial charge in [-0.3, -0.25) is 0 Å². The molecule has 0 amide bonds. The molecule has 1 atom stereocenters. The lowest BCUT2D eigenvalue weighted by Gasteiger charge is -2.20. The van der Waals surface area contributed by atoms with Gasteiger partial charge >= 0.3 is 0 Å². The van der Waals surface area contributed by atoms with Gasteiger partial charge in [0, 0.05) is 13.0 Å². The van der Waals surface area contributed by atoms with E-state index in [9.17, 15) is 0 Å². The minimum Gasteiger partial charge on any atom is -0.353 e. The van der Waals surface area contributed by atoms with Gasteiger partial charge < -0.3 is 4.74 Å². The molecule has 0 saturated heterocycles. The third-order valence-corrected chi connectivity index (χ3v) is 1.80. The second-order valence-corrected chi connectivity index (χ2v) is 2.35. The lowest BCUT2D eigenvalue weighted by molar-refractivity contribution is -0.533. The fourth-order valence-corrected chi connectivity index (χ4v) is 1.03. The predicted octanol–water partition coefficient (Wildman–Crippen LogP) is 1.82. The minimum absolute atomic E-state index is 0.257. The Morgan fingerprint density at radius 1 is 1.27 bits per heavy atom. The number of hydrogen-bond acceptors (Lipinski definition) is 4. The highest BCUT2D eigenvalue weighted by molar-refractivity contribution is 4.56. The molecule has 4 heteroatoms. The van der Waals surface area contributed by atoms with Crippen LogP contribution >= 0.6 is 0 Å². The first kappa shape index (κ1) is 10.8. The van der Waals surface area contributed by atoms with E-state index in [0.29, 0.717) is 0 Å². The van der Waals surface area contributed by atoms with Crippen LogP contribution in [0.4, 0.5) is 0 Å². The molecule has 0 fully saturated rings. The first-order chi connectivity index (χ1) is 5.29. The van der Waals surface area contributed by atoms with Crippen LogP contribution in [0, 0.1) is 5.92 Å². The normalized spacial score (nSPS) is 13.9. The molecule has 4 nitrogen and oxygen atoms in total. The first-order valence-electron chi connectivity index (χ1n) is 3.79. The summed E-state index contributed by atoms with van der Waals surface area (Å²) in [6, 6.07) is 0. The zero-order valence-corrected chi connectivity index (χ0v) is 7.24. The van der Waals surface area contributed by atoms with Crippen LogP contribution in [0.1, 0.15) is 26.7 Å². The molecule has 0 aliphatic heterocycles. The average Bonchev–Trinajstić information content (AvgIpc) is 2.05. The van der Waals surface area contributed by atoms with Crippen LogP contribution in [0.3, 0.4) is 0 Å². The molecule has 0 radical (unpaired) electrons. The maximum Gasteiger partial charge on any atom is 0.196 e. The van der Waals surface area contributed by atoms with Crippen LogP contribution in [-0.4, -0.2) is 18.7 Å². The Labute approximate surface area is 66.9 Å². The summed E-state index contributed by atoms with van der Waals surface area (Å²) >= 11 is 0. The molecule has 1 N–H and O–H groups in total. The molecule has 68 valence electrons. The Hall–Kier alpha value is -0.160. The number of ether oxygens (including phenoxy) is 1. The maximum absolute atomic E-state index is 8.01. The third kappa shape index (κ3) is 3.67. The minimum atomic E-state index is -0.477. The molecule has 1 unspecified atom stereocenters. The second-order valence-electron chi connectivity index (χ2n) is 2.35. The molecule has 0 spiro atoms. The van der Waals surface area contributed by atoms with Crippen LogP contribution in [0.5, 0.6) is 0 Å². The average molecular weight is 164 g/mol. The number of methoxy groups -OCH3 is 1. The molecule has 0 aromatic carbocycles. The first-order valence-corrected chi connectivity index (χ1v) is 3.79.